The fourth-order valence-corrected chi connectivity index (χ4v) is 3.21. The maximum Gasteiger partial charge on any atom is 0.242 e. The van der Waals surface area contributed by atoms with Crippen LogP contribution in [-0.4, -0.2) is 33.4 Å². The number of rotatable bonds is 9. The molecule has 2 rings (SSSR count). The molecule has 2 aromatic carbocycles. The van der Waals surface area contributed by atoms with E-state index in [1.165, 1.54) is 24.0 Å². The molecule has 0 radical (unpaired) electrons. The molecule has 0 unspecified atom stereocenters. The van der Waals surface area contributed by atoms with E-state index in [1.54, 1.807) is 12.1 Å². The van der Waals surface area contributed by atoms with Crippen molar-refractivity contribution in [3.63, 3.8) is 0 Å². The van der Waals surface area contributed by atoms with Crippen molar-refractivity contribution >= 4 is 10.0 Å². The molecule has 0 aliphatic rings. The van der Waals surface area contributed by atoms with Gasteiger partial charge in [-0.15, -0.1) is 0 Å². The van der Waals surface area contributed by atoms with Gasteiger partial charge in [-0.25, -0.2) is 12.7 Å². The van der Waals surface area contributed by atoms with Crippen LogP contribution in [0, 0.1) is 5.92 Å². The lowest BCUT2D eigenvalue weighted by Crippen LogP contribution is -2.22. The highest BCUT2D eigenvalue weighted by molar-refractivity contribution is 7.89. The molecule has 0 saturated carbocycles. The number of hydrogen-bond acceptors (Lipinski definition) is 4. The Morgan fingerprint density at radius 3 is 1.88 bits per heavy atom. The van der Waals surface area contributed by atoms with E-state index in [1.807, 2.05) is 24.3 Å². The third-order valence-corrected chi connectivity index (χ3v) is 5.70. The lowest BCUT2D eigenvalue weighted by Gasteiger charge is -2.12. The maximum atomic E-state index is 12.1. The van der Waals surface area contributed by atoms with Crippen molar-refractivity contribution in [2.45, 2.75) is 31.8 Å². The molecule has 0 bridgehead atoms. The Bertz CT molecular complexity index is 783. The van der Waals surface area contributed by atoms with Crippen LogP contribution in [-0.2, 0) is 23.1 Å². The van der Waals surface area contributed by atoms with Crippen molar-refractivity contribution in [1.82, 2.24) is 9.62 Å². The Morgan fingerprint density at radius 1 is 0.923 bits per heavy atom. The van der Waals surface area contributed by atoms with Crippen molar-refractivity contribution in [3.05, 3.63) is 59.7 Å². The van der Waals surface area contributed by atoms with Gasteiger partial charge in [0.1, 0.15) is 5.75 Å². The summed E-state index contributed by atoms with van der Waals surface area (Å²) < 4.78 is 31.0. The standard InChI is InChI=1S/C20H28N2O3S/c1-16(2)15-25-19-9-5-17(6-10-19)13-21-14-18-7-11-20(12-8-18)26(23,24)22(3)4/h5-12,16,21H,13-15H2,1-4H3. The highest BCUT2D eigenvalue weighted by Gasteiger charge is 2.16. The van der Waals surface area contributed by atoms with Gasteiger partial charge >= 0.3 is 0 Å². The first-order valence-electron chi connectivity index (χ1n) is 8.73. The summed E-state index contributed by atoms with van der Waals surface area (Å²) >= 11 is 0. The second kappa shape index (κ2) is 9.16. The van der Waals surface area contributed by atoms with E-state index in [0.29, 0.717) is 17.4 Å². The van der Waals surface area contributed by atoms with Crippen LogP contribution in [0.15, 0.2) is 53.4 Å². The molecule has 0 aliphatic heterocycles. The first kappa shape index (κ1) is 20.4. The summed E-state index contributed by atoms with van der Waals surface area (Å²) in [7, 11) is -0.307. The van der Waals surface area contributed by atoms with E-state index in [2.05, 4.69) is 31.3 Å². The summed E-state index contributed by atoms with van der Waals surface area (Å²) in [6, 6.07) is 15.0. The van der Waals surface area contributed by atoms with Crippen LogP contribution in [0.25, 0.3) is 0 Å². The fourth-order valence-electron chi connectivity index (χ4n) is 2.31. The molecule has 5 nitrogen and oxygen atoms in total. The van der Waals surface area contributed by atoms with Crippen molar-refractivity contribution in [1.29, 1.82) is 0 Å². The summed E-state index contributed by atoms with van der Waals surface area (Å²) in [6.07, 6.45) is 0. The molecule has 0 fully saturated rings. The average Bonchev–Trinajstić information content (AvgIpc) is 2.61. The molecular weight excluding hydrogens is 348 g/mol. The number of hydrogen-bond donors (Lipinski definition) is 1. The van der Waals surface area contributed by atoms with Crippen molar-refractivity contribution < 1.29 is 13.2 Å². The zero-order valence-electron chi connectivity index (χ0n) is 15.9. The van der Waals surface area contributed by atoms with Gasteiger partial charge in [0, 0.05) is 27.2 Å². The minimum atomic E-state index is -3.37. The normalized spacial score (nSPS) is 11.9. The molecule has 0 atom stereocenters. The SMILES string of the molecule is CC(C)COc1ccc(CNCc2ccc(S(=O)(=O)N(C)C)cc2)cc1. The van der Waals surface area contributed by atoms with E-state index in [-0.39, 0.29) is 0 Å². The number of sulfonamides is 1. The summed E-state index contributed by atoms with van der Waals surface area (Å²) in [5, 5.41) is 3.37. The highest BCUT2D eigenvalue weighted by atomic mass is 32.2. The lowest BCUT2D eigenvalue weighted by molar-refractivity contribution is 0.271. The van der Waals surface area contributed by atoms with Gasteiger partial charge in [0.25, 0.3) is 0 Å². The van der Waals surface area contributed by atoms with Gasteiger partial charge in [-0.05, 0) is 41.3 Å². The lowest BCUT2D eigenvalue weighted by atomic mass is 10.2. The van der Waals surface area contributed by atoms with Crippen LogP contribution in [0.5, 0.6) is 5.75 Å². The van der Waals surface area contributed by atoms with E-state index < -0.39 is 10.0 Å². The summed E-state index contributed by atoms with van der Waals surface area (Å²) in [5.41, 5.74) is 2.22. The predicted octanol–water partition coefficient (Wildman–Crippen LogP) is 3.26. The third kappa shape index (κ3) is 5.83. The Hall–Kier alpha value is -1.89. The van der Waals surface area contributed by atoms with Crippen LogP contribution in [0.3, 0.4) is 0 Å². The highest BCUT2D eigenvalue weighted by Crippen LogP contribution is 2.15. The molecule has 0 spiro atoms. The zero-order chi connectivity index (χ0) is 19.2. The van der Waals surface area contributed by atoms with Crippen molar-refractivity contribution in [3.8, 4) is 5.75 Å². The summed E-state index contributed by atoms with van der Waals surface area (Å²) in [6.45, 7) is 6.38. The van der Waals surface area contributed by atoms with E-state index in [9.17, 15) is 8.42 Å². The molecule has 0 heterocycles. The van der Waals surface area contributed by atoms with Gasteiger partial charge in [-0.1, -0.05) is 38.1 Å². The van der Waals surface area contributed by atoms with Gasteiger partial charge < -0.3 is 10.1 Å². The molecule has 6 heteroatoms. The van der Waals surface area contributed by atoms with Gasteiger partial charge in [-0.2, -0.15) is 0 Å². The fraction of sp³-hybridized carbons (Fsp3) is 0.400. The summed E-state index contributed by atoms with van der Waals surface area (Å²) in [4.78, 5) is 0.309. The second-order valence-electron chi connectivity index (χ2n) is 6.88. The summed E-state index contributed by atoms with van der Waals surface area (Å²) in [5.74, 6) is 1.40. The smallest absolute Gasteiger partial charge is 0.242 e. The minimum absolute atomic E-state index is 0.309. The Balaban J connectivity index is 1.84. The van der Waals surface area contributed by atoms with E-state index >= 15 is 0 Å². The number of benzene rings is 2. The first-order valence-corrected chi connectivity index (χ1v) is 10.2. The van der Waals surface area contributed by atoms with E-state index in [4.69, 9.17) is 4.74 Å². The molecule has 0 aromatic heterocycles. The zero-order valence-corrected chi connectivity index (χ0v) is 16.7. The van der Waals surface area contributed by atoms with E-state index in [0.717, 1.165) is 24.5 Å². The first-order chi connectivity index (χ1) is 12.3. The van der Waals surface area contributed by atoms with Gasteiger partial charge in [0.2, 0.25) is 10.0 Å². The molecule has 0 saturated heterocycles. The van der Waals surface area contributed by atoms with Crippen LogP contribution in [0.2, 0.25) is 0 Å². The largest absolute Gasteiger partial charge is 0.493 e. The van der Waals surface area contributed by atoms with Crippen LogP contribution >= 0.6 is 0 Å². The second-order valence-corrected chi connectivity index (χ2v) is 9.04. The average molecular weight is 377 g/mol. The molecule has 26 heavy (non-hydrogen) atoms. The number of nitrogens with one attached hydrogen (secondary N) is 1. The molecule has 1 N–H and O–H groups in total. The quantitative estimate of drug-likeness (QED) is 0.730. The van der Waals surface area contributed by atoms with Crippen LogP contribution in [0.4, 0.5) is 0 Å². The molecule has 0 amide bonds. The van der Waals surface area contributed by atoms with Gasteiger partial charge in [-0.3, -0.25) is 0 Å². The van der Waals surface area contributed by atoms with Crippen LogP contribution in [0.1, 0.15) is 25.0 Å². The predicted molar refractivity (Wildman–Crippen MR) is 105 cm³/mol. The molecule has 0 aliphatic carbocycles. The molecular formula is C20H28N2O3S. The Morgan fingerprint density at radius 2 is 1.42 bits per heavy atom. The van der Waals surface area contributed by atoms with Crippen molar-refractivity contribution in [2.24, 2.45) is 5.92 Å². The van der Waals surface area contributed by atoms with Gasteiger partial charge in [0.05, 0.1) is 11.5 Å². The topological polar surface area (TPSA) is 58.6 Å². The van der Waals surface area contributed by atoms with Crippen LogP contribution < -0.4 is 10.1 Å². The number of ether oxygens (including phenoxy) is 1. The molecule has 142 valence electrons. The monoisotopic (exact) mass is 376 g/mol. The Kier molecular flexibility index (Phi) is 7.20. The van der Waals surface area contributed by atoms with Gasteiger partial charge in [0.15, 0.2) is 0 Å². The number of nitrogens with zero attached hydrogens (tertiary/aromatic N) is 1. The minimum Gasteiger partial charge on any atom is -0.493 e. The molecule has 2 aromatic rings. The van der Waals surface area contributed by atoms with Crippen molar-refractivity contribution in [2.75, 3.05) is 20.7 Å². The third-order valence-electron chi connectivity index (χ3n) is 3.87. The Labute approximate surface area is 157 Å². The maximum absolute atomic E-state index is 12.1.